The first-order valence-electron chi connectivity index (χ1n) is 6.25. The smallest absolute Gasteiger partial charge is 0.192 e. The number of hydrogen-bond acceptors (Lipinski definition) is 3. The lowest BCUT2D eigenvalue weighted by Gasteiger charge is -2.08. The number of carbonyl (C=O) groups is 1. The second kappa shape index (κ2) is 5.02. The topological polar surface area (TPSA) is 26.3 Å². The van der Waals surface area contributed by atoms with E-state index < -0.39 is 0 Å². The number of thiophene rings is 1. The van der Waals surface area contributed by atoms with Gasteiger partial charge in [0, 0.05) is 12.0 Å². The maximum atomic E-state index is 12.6. The lowest BCUT2D eigenvalue weighted by Crippen LogP contribution is -2.02. The van der Waals surface area contributed by atoms with Gasteiger partial charge in [-0.3, -0.25) is 4.79 Å². The van der Waals surface area contributed by atoms with Gasteiger partial charge in [-0.05, 0) is 47.0 Å². The maximum absolute atomic E-state index is 12.6. The summed E-state index contributed by atoms with van der Waals surface area (Å²) in [6.45, 7) is 2.53. The summed E-state index contributed by atoms with van der Waals surface area (Å²) in [5, 5.41) is 4.06. The van der Waals surface area contributed by atoms with E-state index >= 15 is 0 Å². The molecular weight excluding hydrogens is 256 g/mol. The molecule has 0 spiro atoms. The quantitative estimate of drug-likeness (QED) is 0.729. The van der Waals surface area contributed by atoms with Crippen molar-refractivity contribution in [2.75, 3.05) is 6.61 Å². The molecule has 0 fully saturated rings. The Morgan fingerprint density at radius 2 is 2.21 bits per heavy atom. The van der Waals surface area contributed by atoms with Crippen molar-refractivity contribution in [3.63, 3.8) is 0 Å². The highest BCUT2D eigenvalue weighted by Gasteiger charge is 2.22. The van der Waals surface area contributed by atoms with Crippen molar-refractivity contribution in [3.05, 3.63) is 57.3 Å². The first-order valence-corrected chi connectivity index (χ1v) is 7.20. The van der Waals surface area contributed by atoms with E-state index in [9.17, 15) is 4.79 Å². The SMILES string of the molecule is Cc1cccc2c1OCC/C(=C\c1ccsc1)C2=O. The molecule has 0 aliphatic carbocycles. The van der Waals surface area contributed by atoms with Crippen LogP contribution in [0.4, 0.5) is 0 Å². The van der Waals surface area contributed by atoms with Gasteiger partial charge in [0.05, 0.1) is 12.2 Å². The zero-order chi connectivity index (χ0) is 13.2. The van der Waals surface area contributed by atoms with Crippen LogP contribution in [-0.4, -0.2) is 12.4 Å². The van der Waals surface area contributed by atoms with Gasteiger partial charge in [-0.15, -0.1) is 0 Å². The van der Waals surface area contributed by atoms with Crippen LogP contribution in [0, 0.1) is 6.92 Å². The number of rotatable bonds is 1. The normalized spacial score (nSPS) is 16.9. The van der Waals surface area contributed by atoms with E-state index in [4.69, 9.17) is 4.74 Å². The van der Waals surface area contributed by atoms with Gasteiger partial charge in [0.1, 0.15) is 5.75 Å². The second-order valence-corrected chi connectivity index (χ2v) is 5.39. The van der Waals surface area contributed by atoms with Crippen molar-refractivity contribution >= 4 is 23.2 Å². The van der Waals surface area contributed by atoms with Crippen LogP contribution >= 0.6 is 11.3 Å². The molecule has 1 aliphatic rings. The molecule has 0 saturated heterocycles. The van der Waals surface area contributed by atoms with Crippen LogP contribution in [-0.2, 0) is 0 Å². The predicted molar refractivity (Wildman–Crippen MR) is 77.9 cm³/mol. The molecule has 96 valence electrons. The fourth-order valence-corrected chi connectivity index (χ4v) is 2.89. The minimum atomic E-state index is 0.0856. The van der Waals surface area contributed by atoms with Gasteiger partial charge in [0.25, 0.3) is 0 Å². The molecule has 3 rings (SSSR count). The highest BCUT2D eigenvalue weighted by Crippen LogP contribution is 2.30. The summed E-state index contributed by atoms with van der Waals surface area (Å²) in [5.41, 5.74) is 3.61. The molecule has 1 aromatic heterocycles. The number of Topliss-reactive ketones (excluding diaryl/α,β-unsaturated/α-hetero) is 1. The summed E-state index contributed by atoms with van der Waals surface area (Å²) < 4.78 is 5.74. The highest BCUT2D eigenvalue weighted by atomic mass is 32.1. The largest absolute Gasteiger partial charge is 0.492 e. The average Bonchev–Trinajstić information content (AvgIpc) is 2.85. The molecule has 1 aromatic carbocycles. The Labute approximate surface area is 116 Å². The van der Waals surface area contributed by atoms with E-state index in [2.05, 4.69) is 0 Å². The predicted octanol–water partition coefficient (Wildman–Crippen LogP) is 4.11. The number of ketones is 1. The number of fused-ring (bicyclic) bond motifs is 1. The molecule has 0 radical (unpaired) electrons. The summed E-state index contributed by atoms with van der Waals surface area (Å²) >= 11 is 1.64. The molecule has 0 bridgehead atoms. The van der Waals surface area contributed by atoms with Crippen LogP contribution in [0.5, 0.6) is 5.75 Å². The summed E-state index contributed by atoms with van der Waals surface area (Å²) in [4.78, 5) is 12.6. The van der Waals surface area contributed by atoms with Crippen molar-refractivity contribution in [1.29, 1.82) is 0 Å². The average molecular weight is 270 g/mol. The lowest BCUT2D eigenvalue weighted by atomic mass is 9.98. The van der Waals surface area contributed by atoms with Crippen molar-refractivity contribution in [1.82, 2.24) is 0 Å². The van der Waals surface area contributed by atoms with Crippen LogP contribution < -0.4 is 4.74 Å². The fraction of sp³-hybridized carbons (Fsp3) is 0.188. The summed E-state index contributed by atoms with van der Waals surface area (Å²) in [6.07, 6.45) is 2.63. The molecule has 19 heavy (non-hydrogen) atoms. The van der Waals surface area contributed by atoms with E-state index in [-0.39, 0.29) is 5.78 Å². The third-order valence-electron chi connectivity index (χ3n) is 3.25. The Kier molecular flexibility index (Phi) is 3.22. The summed E-state index contributed by atoms with van der Waals surface area (Å²) in [6, 6.07) is 7.74. The van der Waals surface area contributed by atoms with Gasteiger partial charge < -0.3 is 4.74 Å². The van der Waals surface area contributed by atoms with Crippen LogP contribution in [0.2, 0.25) is 0 Å². The fourth-order valence-electron chi connectivity index (χ4n) is 2.27. The number of benzene rings is 1. The lowest BCUT2D eigenvalue weighted by molar-refractivity contribution is 0.103. The molecule has 2 nitrogen and oxygen atoms in total. The summed E-state index contributed by atoms with van der Waals surface area (Å²) in [5.74, 6) is 0.823. The van der Waals surface area contributed by atoms with Crippen molar-refractivity contribution < 1.29 is 9.53 Å². The molecule has 0 unspecified atom stereocenters. The van der Waals surface area contributed by atoms with Gasteiger partial charge in [0.2, 0.25) is 0 Å². The van der Waals surface area contributed by atoms with Crippen molar-refractivity contribution in [3.8, 4) is 5.75 Å². The molecule has 1 aliphatic heterocycles. The first kappa shape index (κ1) is 12.2. The van der Waals surface area contributed by atoms with Gasteiger partial charge in [-0.25, -0.2) is 0 Å². The Balaban J connectivity index is 2.05. The monoisotopic (exact) mass is 270 g/mol. The summed E-state index contributed by atoms with van der Waals surface area (Å²) in [7, 11) is 0. The molecule has 0 atom stereocenters. The van der Waals surface area contributed by atoms with Gasteiger partial charge >= 0.3 is 0 Å². The number of hydrogen-bond donors (Lipinski definition) is 0. The van der Waals surface area contributed by atoms with E-state index in [1.54, 1.807) is 11.3 Å². The molecule has 2 aromatic rings. The van der Waals surface area contributed by atoms with Crippen molar-refractivity contribution in [2.45, 2.75) is 13.3 Å². The number of carbonyl (C=O) groups excluding carboxylic acids is 1. The second-order valence-electron chi connectivity index (χ2n) is 4.61. The number of aryl methyl sites for hydroxylation is 1. The van der Waals surface area contributed by atoms with Crippen molar-refractivity contribution in [2.24, 2.45) is 0 Å². The highest BCUT2D eigenvalue weighted by molar-refractivity contribution is 7.08. The van der Waals surface area contributed by atoms with Crippen LogP contribution in [0.25, 0.3) is 6.08 Å². The van der Waals surface area contributed by atoms with Gasteiger partial charge in [-0.1, -0.05) is 12.1 Å². The van der Waals surface area contributed by atoms with E-state index in [1.165, 1.54) is 0 Å². The zero-order valence-electron chi connectivity index (χ0n) is 10.7. The minimum Gasteiger partial charge on any atom is -0.492 e. The Morgan fingerprint density at radius 1 is 1.32 bits per heavy atom. The van der Waals surface area contributed by atoms with Gasteiger partial charge in [0.15, 0.2) is 5.78 Å². The molecule has 0 N–H and O–H groups in total. The molecular formula is C16H14O2S. The Bertz CT molecular complexity index is 639. The van der Waals surface area contributed by atoms with Gasteiger partial charge in [-0.2, -0.15) is 11.3 Å². The molecule has 0 amide bonds. The van der Waals surface area contributed by atoms with Crippen LogP contribution in [0.3, 0.4) is 0 Å². The molecule has 3 heteroatoms. The number of para-hydroxylation sites is 1. The van der Waals surface area contributed by atoms with E-state index in [1.807, 2.05) is 48.0 Å². The Morgan fingerprint density at radius 3 is 3.00 bits per heavy atom. The van der Waals surface area contributed by atoms with E-state index in [0.717, 1.165) is 22.4 Å². The van der Waals surface area contributed by atoms with Crippen LogP contribution in [0.15, 0.2) is 40.6 Å². The first-order chi connectivity index (χ1) is 9.25. The maximum Gasteiger partial charge on any atom is 0.192 e. The third kappa shape index (κ3) is 2.34. The number of ether oxygens (including phenoxy) is 1. The minimum absolute atomic E-state index is 0.0856. The van der Waals surface area contributed by atoms with E-state index in [0.29, 0.717) is 18.6 Å². The standard InChI is InChI=1S/C16H14O2S/c1-11-3-2-4-14-15(17)13(5-7-18-16(11)14)9-12-6-8-19-10-12/h2-4,6,8-10H,5,7H2,1H3/b13-9+. The zero-order valence-corrected chi connectivity index (χ0v) is 11.5. The third-order valence-corrected chi connectivity index (χ3v) is 3.95. The molecule has 0 saturated carbocycles. The van der Waals surface area contributed by atoms with Crippen LogP contribution in [0.1, 0.15) is 27.9 Å². The molecule has 2 heterocycles. The Hall–Kier alpha value is -1.87.